The van der Waals surface area contributed by atoms with E-state index in [-0.39, 0.29) is 26.4 Å². The third-order valence-electron chi connectivity index (χ3n) is 5.60. The summed E-state index contributed by atoms with van der Waals surface area (Å²) in [5.41, 5.74) is 7.60. The van der Waals surface area contributed by atoms with Gasteiger partial charge in [0.2, 0.25) is 0 Å². The summed E-state index contributed by atoms with van der Waals surface area (Å²) in [5, 5.41) is 5.45. The minimum Gasteiger partial charge on any atom is -0.379 e. The number of nitrogens with one attached hydrogen (secondary N) is 1. The van der Waals surface area contributed by atoms with Gasteiger partial charge in [0.05, 0.1) is 46.2 Å². The summed E-state index contributed by atoms with van der Waals surface area (Å²) in [7, 11) is 0. The van der Waals surface area contributed by atoms with E-state index in [1.54, 1.807) is 13.8 Å². The normalized spacial score (nSPS) is 31.5. The molecule has 36 heavy (non-hydrogen) atoms. The first-order chi connectivity index (χ1) is 17.0. The van der Waals surface area contributed by atoms with Gasteiger partial charge in [0.1, 0.15) is 23.9 Å². The number of ether oxygens (including phenoxy) is 8. The summed E-state index contributed by atoms with van der Waals surface area (Å²) >= 11 is 0. The average molecular weight is 528 g/mol. The van der Waals surface area contributed by atoms with Crippen LogP contribution in [-0.2, 0) is 42.7 Å². The zero-order valence-electron chi connectivity index (χ0n) is 20.2. The maximum atomic E-state index is 12.9. The Kier molecular flexibility index (Phi) is 9.76. The monoisotopic (exact) mass is 528 g/mol. The van der Waals surface area contributed by atoms with E-state index in [9.17, 15) is 18.0 Å². The first-order valence-corrected chi connectivity index (χ1v) is 11.4. The van der Waals surface area contributed by atoms with E-state index in [1.807, 2.05) is 12.2 Å². The Labute approximate surface area is 205 Å². The summed E-state index contributed by atoms with van der Waals surface area (Å²) in [6.07, 6.45) is -9.33. The molecule has 1 amide bonds. The largest absolute Gasteiger partial charge is 0.471 e. The lowest BCUT2D eigenvalue weighted by molar-refractivity contribution is -0.222. The first kappa shape index (κ1) is 28.8. The summed E-state index contributed by atoms with van der Waals surface area (Å²) < 4.78 is 83.5. The highest BCUT2D eigenvalue weighted by atomic mass is 19.4. The zero-order chi connectivity index (χ0) is 26.4. The van der Waals surface area contributed by atoms with Crippen molar-refractivity contribution in [3.63, 3.8) is 0 Å². The number of rotatable bonds is 14. The molecular weight excluding hydrogens is 497 g/mol. The van der Waals surface area contributed by atoms with Gasteiger partial charge < -0.3 is 43.2 Å². The zero-order valence-corrected chi connectivity index (χ0v) is 20.2. The Hall–Kier alpha value is -1.75. The Morgan fingerprint density at radius 3 is 2.53 bits per heavy atom. The Morgan fingerprint density at radius 1 is 1.17 bits per heavy atom. The fourth-order valence-electron chi connectivity index (χ4n) is 4.08. The molecule has 16 heteroatoms. The lowest BCUT2D eigenvalue weighted by Gasteiger charge is -2.42. The van der Waals surface area contributed by atoms with Crippen LogP contribution in [0.4, 0.5) is 13.2 Å². The van der Waals surface area contributed by atoms with Crippen molar-refractivity contribution in [2.24, 2.45) is 5.11 Å². The molecule has 0 aromatic rings. The molecular formula is C20H31F3N4O9. The van der Waals surface area contributed by atoms with Gasteiger partial charge in [-0.25, -0.2) is 0 Å². The molecule has 3 aliphatic rings. The molecule has 1 N–H and O–H groups in total. The van der Waals surface area contributed by atoms with Crippen LogP contribution in [0, 0.1) is 0 Å². The molecule has 0 aromatic heterocycles. The Balaban J connectivity index is 1.58. The van der Waals surface area contributed by atoms with Crippen molar-refractivity contribution in [1.82, 2.24) is 5.32 Å². The Bertz CT molecular complexity index is 799. The Morgan fingerprint density at radius 2 is 1.86 bits per heavy atom. The molecule has 0 saturated carbocycles. The van der Waals surface area contributed by atoms with Gasteiger partial charge in [-0.3, -0.25) is 4.79 Å². The minimum absolute atomic E-state index is 0.0829. The molecule has 3 saturated heterocycles. The quantitative estimate of drug-likeness (QED) is 0.153. The van der Waals surface area contributed by atoms with E-state index < -0.39 is 54.2 Å². The number of amides is 1. The first-order valence-electron chi connectivity index (χ1n) is 11.4. The van der Waals surface area contributed by atoms with E-state index in [0.29, 0.717) is 26.4 Å². The standard InChI is InChI=1S/C20H31F3N4O9/c1-4-29-5-6-30-7-8-31-9-12(26-27-24)32-10-19-11-33-16(36-19)13(25-17(28)20(21,22)23)14-15(19)35-18(2,3)34-14/h12-16H,4-11H2,1-3H3,(H,25,28)/t12?,13-,14-,15-,16+,19+/m1/s1. The maximum Gasteiger partial charge on any atom is 0.471 e. The van der Waals surface area contributed by atoms with E-state index in [1.165, 1.54) is 0 Å². The van der Waals surface area contributed by atoms with Crippen LogP contribution in [-0.4, -0.2) is 107 Å². The number of hydrogen-bond acceptors (Lipinski definition) is 10. The highest BCUT2D eigenvalue weighted by Crippen LogP contribution is 2.46. The van der Waals surface area contributed by atoms with E-state index in [2.05, 4.69) is 10.0 Å². The van der Waals surface area contributed by atoms with Crippen molar-refractivity contribution in [3.05, 3.63) is 10.4 Å². The molecule has 2 bridgehead atoms. The maximum absolute atomic E-state index is 12.9. The third kappa shape index (κ3) is 7.18. The molecule has 3 fully saturated rings. The van der Waals surface area contributed by atoms with Crippen LogP contribution in [0.15, 0.2) is 5.11 Å². The van der Waals surface area contributed by atoms with Gasteiger partial charge in [-0.1, -0.05) is 5.11 Å². The number of carbonyl (C=O) groups excluding carboxylic acids is 1. The van der Waals surface area contributed by atoms with Crippen LogP contribution in [0.3, 0.4) is 0 Å². The molecule has 0 aliphatic carbocycles. The molecule has 6 atom stereocenters. The van der Waals surface area contributed by atoms with Crippen molar-refractivity contribution in [1.29, 1.82) is 0 Å². The lowest BCUT2D eigenvalue weighted by Crippen LogP contribution is -2.66. The van der Waals surface area contributed by atoms with E-state index in [4.69, 9.17) is 43.4 Å². The summed E-state index contributed by atoms with van der Waals surface area (Å²) in [6, 6.07) is -1.28. The highest BCUT2D eigenvalue weighted by Gasteiger charge is 2.66. The van der Waals surface area contributed by atoms with Gasteiger partial charge in [-0.15, -0.1) is 0 Å². The summed E-state index contributed by atoms with van der Waals surface area (Å²) in [4.78, 5) is 14.3. The van der Waals surface area contributed by atoms with Crippen LogP contribution in [0.2, 0.25) is 0 Å². The number of carbonyl (C=O) groups is 1. The molecule has 0 aromatic carbocycles. The van der Waals surface area contributed by atoms with Crippen molar-refractivity contribution in [3.8, 4) is 0 Å². The predicted molar refractivity (Wildman–Crippen MR) is 112 cm³/mol. The second kappa shape index (κ2) is 12.2. The van der Waals surface area contributed by atoms with Gasteiger partial charge in [0.15, 0.2) is 18.3 Å². The van der Waals surface area contributed by atoms with Gasteiger partial charge in [-0.05, 0) is 26.3 Å². The van der Waals surface area contributed by atoms with Crippen molar-refractivity contribution in [2.45, 2.75) is 69.1 Å². The second-order valence-electron chi connectivity index (χ2n) is 8.73. The smallest absolute Gasteiger partial charge is 0.379 e. The highest BCUT2D eigenvalue weighted by molar-refractivity contribution is 5.82. The fourth-order valence-corrected chi connectivity index (χ4v) is 4.08. The SMILES string of the molecule is CCOCCOCCOCC(N=[N+]=[N-])OC[C@@]12CO[C@@H](O1)[C@H](NC(=O)C(F)(F)F)[C@H]1OC(C)(C)O[C@H]12. The third-order valence-corrected chi connectivity index (χ3v) is 5.60. The average Bonchev–Trinajstić information content (AvgIpc) is 3.36. The molecule has 3 aliphatic heterocycles. The lowest BCUT2D eigenvalue weighted by atomic mass is 9.88. The number of nitrogens with zero attached hydrogens (tertiary/aromatic N) is 3. The van der Waals surface area contributed by atoms with Crippen LogP contribution in [0.25, 0.3) is 10.4 Å². The number of azide groups is 1. The van der Waals surface area contributed by atoms with Gasteiger partial charge in [0.25, 0.3) is 0 Å². The molecule has 0 radical (unpaired) electrons. The molecule has 0 spiro atoms. The fraction of sp³-hybridized carbons (Fsp3) is 0.950. The van der Waals surface area contributed by atoms with Crippen LogP contribution in [0.1, 0.15) is 20.8 Å². The number of alkyl halides is 3. The van der Waals surface area contributed by atoms with Crippen LogP contribution >= 0.6 is 0 Å². The topological polar surface area (TPSA) is 152 Å². The predicted octanol–water partition coefficient (Wildman–Crippen LogP) is 1.40. The molecule has 3 heterocycles. The number of halogens is 3. The van der Waals surface area contributed by atoms with Crippen molar-refractivity contribution in [2.75, 3.05) is 52.9 Å². The van der Waals surface area contributed by atoms with Crippen LogP contribution < -0.4 is 5.32 Å². The van der Waals surface area contributed by atoms with E-state index in [0.717, 1.165) is 0 Å². The molecule has 3 rings (SSSR count). The minimum atomic E-state index is -5.10. The summed E-state index contributed by atoms with van der Waals surface area (Å²) in [6.45, 7) is 6.65. The van der Waals surface area contributed by atoms with E-state index >= 15 is 0 Å². The number of hydrogen-bond donors (Lipinski definition) is 1. The molecule has 13 nitrogen and oxygen atoms in total. The molecule has 206 valence electrons. The second-order valence-corrected chi connectivity index (χ2v) is 8.73. The van der Waals surface area contributed by atoms with Gasteiger partial charge in [-0.2, -0.15) is 13.2 Å². The van der Waals surface area contributed by atoms with Crippen LogP contribution in [0.5, 0.6) is 0 Å². The van der Waals surface area contributed by atoms with Gasteiger partial charge in [0, 0.05) is 11.5 Å². The van der Waals surface area contributed by atoms with Crippen molar-refractivity contribution >= 4 is 5.91 Å². The summed E-state index contributed by atoms with van der Waals surface area (Å²) in [5.74, 6) is -3.32. The van der Waals surface area contributed by atoms with Gasteiger partial charge >= 0.3 is 12.1 Å². The molecule has 1 unspecified atom stereocenters. The number of fused-ring (bicyclic) bond motifs is 4. The van der Waals surface area contributed by atoms with Crippen molar-refractivity contribution < 1.29 is 55.9 Å².